The summed E-state index contributed by atoms with van der Waals surface area (Å²) >= 11 is 0. The minimum atomic E-state index is -3.90. The van der Waals surface area contributed by atoms with Gasteiger partial charge >= 0.3 is 5.97 Å². The molecule has 0 bridgehead atoms. The third kappa shape index (κ3) is 3.80. The zero-order valence-corrected chi connectivity index (χ0v) is 12.7. The number of aromatic carboxylic acids is 1. The van der Waals surface area contributed by atoms with Crippen molar-refractivity contribution >= 4 is 16.0 Å². The van der Waals surface area contributed by atoms with Crippen LogP contribution in [0.25, 0.3) is 0 Å². The molecule has 9 heteroatoms. The molecule has 1 aliphatic rings. The quantitative estimate of drug-likeness (QED) is 0.693. The van der Waals surface area contributed by atoms with E-state index in [0.29, 0.717) is 0 Å². The molecule has 1 unspecified atom stereocenters. The van der Waals surface area contributed by atoms with Crippen molar-refractivity contribution in [1.82, 2.24) is 19.8 Å². The maximum absolute atomic E-state index is 12.1. The molecule has 1 saturated heterocycles. The van der Waals surface area contributed by atoms with Crippen LogP contribution in [-0.2, 0) is 10.0 Å². The Bertz CT molecular complexity index is 592. The first kappa shape index (κ1) is 15.9. The van der Waals surface area contributed by atoms with Gasteiger partial charge in [0, 0.05) is 12.6 Å². The number of rotatable bonds is 6. The summed E-state index contributed by atoms with van der Waals surface area (Å²) in [5.74, 6) is -1.33. The number of aromatic amines is 1. The predicted molar refractivity (Wildman–Crippen MR) is 75.6 cm³/mol. The van der Waals surface area contributed by atoms with Crippen LogP contribution >= 0.6 is 0 Å². The average Bonchev–Trinajstić information content (AvgIpc) is 2.96. The number of hydrogen-bond donors (Lipinski definition) is 3. The van der Waals surface area contributed by atoms with E-state index in [2.05, 4.69) is 19.8 Å². The van der Waals surface area contributed by atoms with Gasteiger partial charge in [0.15, 0.2) is 5.03 Å². The van der Waals surface area contributed by atoms with Crippen LogP contribution in [-0.4, -0.2) is 60.3 Å². The highest BCUT2D eigenvalue weighted by molar-refractivity contribution is 7.89. The molecule has 1 fully saturated rings. The lowest BCUT2D eigenvalue weighted by atomic mass is 10.1. The SMILES string of the molecule is CC(CNS(=O)(=O)c1[nH]ncc1C(=O)O)N1CCCCC1. The van der Waals surface area contributed by atoms with Gasteiger partial charge in [0.05, 0.1) is 6.20 Å². The molecule has 0 amide bonds. The lowest BCUT2D eigenvalue weighted by Gasteiger charge is -2.32. The summed E-state index contributed by atoms with van der Waals surface area (Å²) in [6.07, 6.45) is 4.46. The largest absolute Gasteiger partial charge is 0.478 e. The normalized spacial score (nSPS) is 18.5. The van der Waals surface area contributed by atoms with Crippen LogP contribution in [0.5, 0.6) is 0 Å². The lowest BCUT2D eigenvalue weighted by Crippen LogP contribution is -2.44. The Hall–Kier alpha value is -1.45. The Labute approximate surface area is 123 Å². The smallest absolute Gasteiger partial charge is 0.340 e. The summed E-state index contributed by atoms with van der Waals surface area (Å²) in [7, 11) is -3.90. The van der Waals surface area contributed by atoms with Crippen molar-refractivity contribution in [2.45, 2.75) is 37.3 Å². The molecule has 0 radical (unpaired) electrons. The molecule has 0 saturated carbocycles. The van der Waals surface area contributed by atoms with Crippen LogP contribution in [0.3, 0.4) is 0 Å². The van der Waals surface area contributed by atoms with E-state index in [-0.39, 0.29) is 18.2 Å². The third-order valence-electron chi connectivity index (χ3n) is 3.69. The van der Waals surface area contributed by atoms with Crippen molar-refractivity contribution in [3.63, 3.8) is 0 Å². The molecule has 0 spiro atoms. The van der Waals surface area contributed by atoms with Gasteiger partial charge in [-0.1, -0.05) is 6.42 Å². The summed E-state index contributed by atoms with van der Waals surface area (Å²) in [6, 6.07) is 0.0660. The number of sulfonamides is 1. The molecule has 21 heavy (non-hydrogen) atoms. The number of carboxylic acids is 1. The Morgan fingerprint density at radius 2 is 2.14 bits per heavy atom. The second kappa shape index (κ2) is 6.54. The zero-order chi connectivity index (χ0) is 15.5. The number of piperidine rings is 1. The first-order valence-corrected chi connectivity index (χ1v) is 8.40. The van der Waals surface area contributed by atoms with E-state index < -0.39 is 21.0 Å². The molecule has 1 atom stereocenters. The number of hydrogen-bond acceptors (Lipinski definition) is 5. The zero-order valence-electron chi connectivity index (χ0n) is 11.9. The fourth-order valence-corrected chi connectivity index (χ4v) is 3.63. The van der Waals surface area contributed by atoms with Crippen molar-refractivity contribution in [2.24, 2.45) is 0 Å². The molecular weight excluding hydrogens is 296 g/mol. The number of H-pyrrole nitrogens is 1. The topological polar surface area (TPSA) is 115 Å². The van der Waals surface area contributed by atoms with E-state index in [1.54, 1.807) is 0 Å². The standard InChI is InChI=1S/C12H20N4O4S/c1-9(16-5-3-2-4-6-16)7-14-21(19,20)11-10(12(17)18)8-13-15-11/h8-9,14H,2-7H2,1H3,(H,13,15)(H,17,18). The predicted octanol–water partition coefficient (Wildman–Crippen LogP) is 0.261. The minimum Gasteiger partial charge on any atom is -0.478 e. The van der Waals surface area contributed by atoms with Gasteiger partial charge in [0.1, 0.15) is 5.56 Å². The monoisotopic (exact) mass is 316 g/mol. The molecule has 8 nitrogen and oxygen atoms in total. The number of nitrogens with zero attached hydrogens (tertiary/aromatic N) is 2. The molecule has 2 rings (SSSR count). The van der Waals surface area contributed by atoms with E-state index in [1.165, 1.54) is 6.42 Å². The lowest BCUT2D eigenvalue weighted by molar-refractivity contribution is 0.0692. The fourth-order valence-electron chi connectivity index (χ4n) is 2.42. The molecule has 0 aliphatic carbocycles. The molecule has 2 heterocycles. The van der Waals surface area contributed by atoms with Gasteiger partial charge in [-0.25, -0.2) is 17.9 Å². The summed E-state index contributed by atoms with van der Waals surface area (Å²) in [4.78, 5) is 13.2. The highest BCUT2D eigenvalue weighted by Crippen LogP contribution is 2.14. The van der Waals surface area contributed by atoms with Crippen LogP contribution < -0.4 is 4.72 Å². The Morgan fingerprint density at radius 1 is 1.48 bits per heavy atom. The Balaban J connectivity index is 2.00. The van der Waals surface area contributed by atoms with Crippen LogP contribution in [0.4, 0.5) is 0 Å². The second-order valence-electron chi connectivity index (χ2n) is 5.22. The molecule has 1 aromatic rings. The van der Waals surface area contributed by atoms with Gasteiger partial charge in [-0.05, 0) is 32.9 Å². The third-order valence-corrected chi connectivity index (χ3v) is 5.08. The van der Waals surface area contributed by atoms with E-state index >= 15 is 0 Å². The van der Waals surface area contributed by atoms with Gasteiger partial charge in [-0.15, -0.1) is 0 Å². The van der Waals surface area contributed by atoms with Gasteiger partial charge < -0.3 is 5.11 Å². The van der Waals surface area contributed by atoms with Crippen LogP contribution in [0.15, 0.2) is 11.2 Å². The van der Waals surface area contributed by atoms with Crippen LogP contribution in [0.2, 0.25) is 0 Å². The van der Waals surface area contributed by atoms with Crippen molar-refractivity contribution in [2.75, 3.05) is 19.6 Å². The Kier molecular flexibility index (Phi) is 4.96. The number of carboxylic acid groups (broad SMARTS) is 1. The summed E-state index contributed by atoms with van der Waals surface area (Å²) in [6.45, 7) is 4.12. The summed E-state index contributed by atoms with van der Waals surface area (Å²) in [5, 5.41) is 14.3. The first-order chi connectivity index (χ1) is 9.92. The molecular formula is C12H20N4O4S. The summed E-state index contributed by atoms with van der Waals surface area (Å²) < 4.78 is 26.7. The molecule has 1 aliphatic heterocycles. The average molecular weight is 316 g/mol. The van der Waals surface area contributed by atoms with Gasteiger partial charge in [-0.3, -0.25) is 10.00 Å². The number of aromatic nitrogens is 2. The van der Waals surface area contributed by atoms with Crippen LogP contribution in [0.1, 0.15) is 36.5 Å². The van der Waals surface area contributed by atoms with E-state index in [1.807, 2.05) is 6.92 Å². The molecule has 1 aromatic heterocycles. The Morgan fingerprint density at radius 3 is 2.76 bits per heavy atom. The molecule has 0 aromatic carbocycles. The number of nitrogens with one attached hydrogen (secondary N) is 2. The maximum Gasteiger partial charge on any atom is 0.340 e. The van der Waals surface area contributed by atoms with Gasteiger partial charge in [0.25, 0.3) is 10.0 Å². The van der Waals surface area contributed by atoms with Gasteiger partial charge in [-0.2, -0.15) is 5.10 Å². The highest BCUT2D eigenvalue weighted by atomic mass is 32.2. The number of carbonyl (C=O) groups is 1. The summed E-state index contributed by atoms with van der Waals surface area (Å²) in [5.41, 5.74) is -0.354. The molecule has 3 N–H and O–H groups in total. The number of likely N-dealkylation sites (tertiary alicyclic amines) is 1. The van der Waals surface area contributed by atoms with E-state index in [0.717, 1.165) is 32.1 Å². The van der Waals surface area contributed by atoms with Crippen molar-refractivity contribution in [3.8, 4) is 0 Å². The first-order valence-electron chi connectivity index (χ1n) is 6.92. The maximum atomic E-state index is 12.1. The fraction of sp³-hybridized carbons (Fsp3) is 0.667. The van der Waals surface area contributed by atoms with Gasteiger partial charge in [0.2, 0.25) is 0 Å². The van der Waals surface area contributed by atoms with Crippen molar-refractivity contribution in [3.05, 3.63) is 11.8 Å². The second-order valence-corrected chi connectivity index (χ2v) is 6.92. The van der Waals surface area contributed by atoms with Crippen molar-refractivity contribution < 1.29 is 18.3 Å². The minimum absolute atomic E-state index is 0.0660. The van der Waals surface area contributed by atoms with E-state index in [4.69, 9.17) is 5.11 Å². The van der Waals surface area contributed by atoms with Crippen molar-refractivity contribution in [1.29, 1.82) is 0 Å². The van der Waals surface area contributed by atoms with E-state index in [9.17, 15) is 13.2 Å². The van der Waals surface area contributed by atoms with Crippen LogP contribution in [0, 0.1) is 0 Å². The molecule has 118 valence electrons. The highest BCUT2D eigenvalue weighted by Gasteiger charge is 2.26.